The summed E-state index contributed by atoms with van der Waals surface area (Å²) in [4.78, 5) is 22.1. The van der Waals surface area contributed by atoms with E-state index in [0.29, 0.717) is 10.9 Å². The normalized spacial score (nSPS) is 20.5. The third-order valence-electron chi connectivity index (χ3n) is 9.42. The number of aryl methyl sites for hydroxylation is 1. The minimum absolute atomic E-state index is 0.0278. The molecule has 224 valence electrons. The number of nitrogens with zero attached hydrogens (tertiary/aromatic N) is 2. The molecule has 3 heterocycles. The minimum atomic E-state index is -1.90. The average Bonchev–Trinajstić information content (AvgIpc) is 3.20. The van der Waals surface area contributed by atoms with Gasteiger partial charge in [0.15, 0.2) is 24.9 Å². The number of fused-ring (bicyclic) bond motifs is 1. The molecule has 2 fully saturated rings. The Morgan fingerprint density at radius 1 is 1.19 bits per heavy atom. The highest BCUT2D eigenvalue weighted by Crippen LogP contribution is 2.51. The van der Waals surface area contributed by atoms with E-state index in [2.05, 4.69) is 50.1 Å². The Balaban J connectivity index is 1.25. The van der Waals surface area contributed by atoms with Crippen molar-refractivity contribution in [2.45, 2.75) is 82.7 Å². The fraction of sp³-hybridized carbons (Fsp3) is 0.500. The summed E-state index contributed by atoms with van der Waals surface area (Å²) in [6, 6.07) is 13.8. The van der Waals surface area contributed by atoms with Gasteiger partial charge in [-0.05, 0) is 73.6 Å². The molecular weight excluding hydrogens is 586 g/mol. The van der Waals surface area contributed by atoms with Gasteiger partial charge >= 0.3 is 0 Å². The number of ether oxygens (including phenoxy) is 2. The van der Waals surface area contributed by atoms with Crippen LogP contribution < -0.4 is 14.8 Å². The van der Waals surface area contributed by atoms with Crippen LogP contribution in [0.3, 0.4) is 0 Å². The predicted molar refractivity (Wildman–Crippen MR) is 171 cm³/mol. The molecule has 1 aromatic heterocycles. The first-order valence-corrected chi connectivity index (χ1v) is 18.8. The average molecular weight is 626 g/mol. The van der Waals surface area contributed by atoms with Gasteiger partial charge in [-0.1, -0.05) is 68.0 Å². The molecule has 0 spiro atoms. The zero-order chi connectivity index (χ0) is 29.9. The number of anilines is 1. The van der Waals surface area contributed by atoms with E-state index >= 15 is 0 Å². The highest BCUT2D eigenvalue weighted by molar-refractivity contribution is 7.16. The Bertz CT molecular complexity index is 1500. The van der Waals surface area contributed by atoms with Gasteiger partial charge < -0.3 is 19.2 Å². The molecule has 1 N–H and O–H groups in total. The van der Waals surface area contributed by atoms with Crippen molar-refractivity contribution in [1.82, 2.24) is 9.88 Å². The number of rotatable bonds is 8. The van der Waals surface area contributed by atoms with Crippen LogP contribution in [0.15, 0.2) is 42.5 Å². The molecule has 2 aliphatic heterocycles. The molecule has 7 nitrogen and oxygen atoms in total. The van der Waals surface area contributed by atoms with E-state index in [9.17, 15) is 4.79 Å². The Kier molecular flexibility index (Phi) is 7.71. The van der Waals surface area contributed by atoms with Crippen molar-refractivity contribution in [2.24, 2.45) is 0 Å². The van der Waals surface area contributed by atoms with E-state index in [-0.39, 0.29) is 29.9 Å². The lowest BCUT2D eigenvalue weighted by Gasteiger charge is -2.38. The summed E-state index contributed by atoms with van der Waals surface area (Å²) in [7, 11) is -1.90. The van der Waals surface area contributed by atoms with Gasteiger partial charge in [-0.2, -0.15) is 0 Å². The molecule has 1 amide bonds. The molecule has 1 saturated heterocycles. The molecule has 6 rings (SSSR count). The quantitative estimate of drug-likeness (QED) is 0.259. The number of carbonyl (C=O) groups is 1. The van der Waals surface area contributed by atoms with Crippen molar-refractivity contribution in [3.63, 3.8) is 0 Å². The number of amides is 1. The van der Waals surface area contributed by atoms with E-state index in [1.807, 2.05) is 43.3 Å². The Labute approximate surface area is 258 Å². The fourth-order valence-corrected chi connectivity index (χ4v) is 8.51. The second-order valence-corrected chi connectivity index (χ2v) is 19.5. The number of hydrogen-bond donors (Lipinski definition) is 1. The lowest BCUT2D eigenvalue weighted by atomic mass is 9.94. The van der Waals surface area contributed by atoms with Gasteiger partial charge in [-0.3, -0.25) is 9.69 Å². The number of carbonyl (C=O) groups excluding carboxylic acids is 1. The molecule has 0 unspecified atom stereocenters. The molecule has 3 aromatic rings. The Hall–Kier alpha value is -2.43. The van der Waals surface area contributed by atoms with E-state index in [1.54, 1.807) is 11.3 Å². The first-order valence-electron chi connectivity index (χ1n) is 14.7. The van der Waals surface area contributed by atoms with Crippen LogP contribution >= 0.6 is 22.9 Å². The van der Waals surface area contributed by atoms with Crippen molar-refractivity contribution >= 4 is 42.3 Å². The lowest BCUT2D eigenvalue weighted by molar-refractivity contribution is -0.118. The predicted octanol–water partition coefficient (Wildman–Crippen LogP) is 7.69. The molecule has 42 heavy (non-hydrogen) atoms. The first-order chi connectivity index (χ1) is 19.9. The zero-order valence-corrected chi connectivity index (χ0v) is 27.8. The topological polar surface area (TPSA) is 72.9 Å². The van der Waals surface area contributed by atoms with Crippen LogP contribution in [0.5, 0.6) is 11.5 Å². The number of benzene rings is 2. The molecule has 0 radical (unpaired) electrons. The van der Waals surface area contributed by atoms with Crippen LogP contribution in [0.4, 0.5) is 5.13 Å². The molecule has 1 saturated carbocycles. The monoisotopic (exact) mass is 625 g/mol. The first kappa shape index (κ1) is 29.6. The Morgan fingerprint density at radius 3 is 2.64 bits per heavy atom. The van der Waals surface area contributed by atoms with Gasteiger partial charge in [-0.25, -0.2) is 4.98 Å². The standard InChI is InChI=1S/C32H40ClN3O4SSi/c1-20-28(41-30(34-20)35-29(37)32(14-15-32)21-11-12-25-26(17-21)39-19-38-25)27(23-9-7-8-10-24(23)33)36-16-13-22(18-36)40-42(5,6)31(2,3)4/h7-12,17,22,27H,13-16,18-19H2,1-6H3,(H,34,35,37)/t22-,27-/m0/s1. The van der Waals surface area contributed by atoms with Crippen LogP contribution in [-0.2, 0) is 14.6 Å². The number of hydrogen-bond acceptors (Lipinski definition) is 7. The number of nitrogens with one attached hydrogen (secondary N) is 1. The van der Waals surface area contributed by atoms with Gasteiger partial charge in [-0.15, -0.1) is 0 Å². The zero-order valence-electron chi connectivity index (χ0n) is 25.3. The molecule has 1 aliphatic carbocycles. The number of halogens is 1. The largest absolute Gasteiger partial charge is 0.454 e. The maximum absolute atomic E-state index is 13.7. The number of aromatic nitrogens is 1. The van der Waals surface area contributed by atoms with Gasteiger partial charge in [0.1, 0.15) is 0 Å². The van der Waals surface area contributed by atoms with Gasteiger partial charge in [0.05, 0.1) is 28.1 Å². The third kappa shape index (κ3) is 5.50. The van der Waals surface area contributed by atoms with E-state index < -0.39 is 13.7 Å². The van der Waals surface area contributed by atoms with Crippen molar-refractivity contribution in [1.29, 1.82) is 0 Å². The minimum Gasteiger partial charge on any atom is -0.454 e. The van der Waals surface area contributed by atoms with Gasteiger partial charge in [0.25, 0.3) is 0 Å². The summed E-state index contributed by atoms with van der Waals surface area (Å²) in [6.45, 7) is 15.5. The summed E-state index contributed by atoms with van der Waals surface area (Å²) >= 11 is 8.36. The molecule has 2 atom stereocenters. The second-order valence-electron chi connectivity index (χ2n) is 13.3. The van der Waals surface area contributed by atoms with Crippen LogP contribution in [0.1, 0.15) is 67.8 Å². The maximum atomic E-state index is 13.7. The molecule has 2 aromatic carbocycles. The van der Waals surface area contributed by atoms with Crippen molar-refractivity contribution in [3.05, 3.63) is 69.2 Å². The van der Waals surface area contributed by atoms with E-state index in [1.165, 1.54) is 0 Å². The fourth-order valence-electron chi connectivity index (χ4n) is 5.78. The molecular formula is C32H40ClN3O4SSi. The summed E-state index contributed by atoms with van der Waals surface area (Å²) in [5.74, 6) is 1.39. The molecule has 0 bridgehead atoms. The van der Waals surface area contributed by atoms with Crippen molar-refractivity contribution < 1.29 is 18.7 Å². The smallest absolute Gasteiger partial charge is 0.236 e. The summed E-state index contributed by atoms with van der Waals surface area (Å²) in [6.07, 6.45) is 2.75. The molecule has 3 aliphatic rings. The Morgan fingerprint density at radius 2 is 1.93 bits per heavy atom. The highest BCUT2D eigenvalue weighted by Gasteiger charge is 2.52. The van der Waals surface area contributed by atoms with Crippen LogP contribution in [0, 0.1) is 6.92 Å². The van der Waals surface area contributed by atoms with E-state index in [4.69, 9.17) is 30.5 Å². The molecule has 10 heteroatoms. The summed E-state index contributed by atoms with van der Waals surface area (Å²) in [5, 5.41) is 4.67. The summed E-state index contributed by atoms with van der Waals surface area (Å²) in [5.41, 5.74) is 2.35. The third-order valence-corrected chi connectivity index (χ3v) is 15.4. The number of thiazole rings is 1. The lowest BCUT2D eigenvalue weighted by Crippen LogP contribution is -2.44. The van der Waals surface area contributed by atoms with Crippen LogP contribution in [-0.4, -0.2) is 50.1 Å². The second kappa shape index (κ2) is 10.9. The number of likely N-dealkylation sites (tertiary alicyclic amines) is 1. The SMILES string of the molecule is Cc1nc(NC(=O)C2(c3ccc4c(c3)OCO4)CC2)sc1[C@H](c1ccccc1Cl)N1CC[C@H](O[Si](C)(C)C(C)(C)C)C1. The van der Waals surface area contributed by atoms with Crippen molar-refractivity contribution in [3.8, 4) is 11.5 Å². The summed E-state index contributed by atoms with van der Waals surface area (Å²) < 4.78 is 17.9. The highest BCUT2D eigenvalue weighted by atomic mass is 35.5. The van der Waals surface area contributed by atoms with Gasteiger partial charge in [0.2, 0.25) is 12.7 Å². The van der Waals surface area contributed by atoms with Crippen LogP contribution in [0.2, 0.25) is 23.2 Å². The van der Waals surface area contributed by atoms with Crippen molar-refractivity contribution in [2.75, 3.05) is 25.2 Å². The van der Waals surface area contributed by atoms with Crippen LogP contribution in [0.25, 0.3) is 0 Å². The van der Waals surface area contributed by atoms with E-state index in [0.717, 1.165) is 64.8 Å². The maximum Gasteiger partial charge on any atom is 0.236 e. The van der Waals surface area contributed by atoms with Gasteiger partial charge in [0, 0.05) is 18.1 Å².